The third-order valence-electron chi connectivity index (χ3n) is 3.93. The van der Waals surface area contributed by atoms with E-state index in [4.69, 9.17) is 0 Å². The van der Waals surface area contributed by atoms with E-state index in [1.807, 2.05) is 6.26 Å². The van der Waals surface area contributed by atoms with Crippen LogP contribution in [0.3, 0.4) is 0 Å². The lowest BCUT2D eigenvalue weighted by molar-refractivity contribution is -0.129. The number of carbonyl (C=O) groups excluding carboxylic acids is 1. The normalized spacial score (nSPS) is 27.3. The molecule has 2 aliphatic heterocycles. The smallest absolute Gasteiger partial charge is 0.232 e. The van der Waals surface area contributed by atoms with Crippen molar-refractivity contribution in [3.8, 4) is 0 Å². The van der Waals surface area contributed by atoms with Crippen LogP contribution in [0.5, 0.6) is 0 Å². The predicted molar refractivity (Wildman–Crippen MR) is 68.7 cm³/mol. The van der Waals surface area contributed by atoms with E-state index < -0.39 is 0 Å². The number of nitrogens with zero attached hydrogens (tertiary/aromatic N) is 1. The fourth-order valence-corrected chi connectivity index (χ4v) is 3.34. The Bertz CT molecular complexity index is 233. The summed E-state index contributed by atoms with van der Waals surface area (Å²) < 4.78 is 0. The Balaban J connectivity index is 1.75. The van der Waals surface area contributed by atoms with Crippen LogP contribution in [0.4, 0.5) is 0 Å². The molecule has 1 unspecified atom stereocenters. The van der Waals surface area contributed by atoms with Gasteiger partial charge in [0.1, 0.15) is 0 Å². The van der Waals surface area contributed by atoms with Gasteiger partial charge in [0.15, 0.2) is 0 Å². The molecule has 1 amide bonds. The average molecular weight is 242 g/mol. The summed E-state index contributed by atoms with van der Waals surface area (Å²) in [6, 6.07) is 0. The number of thioether (sulfide) groups is 1. The van der Waals surface area contributed by atoms with Gasteiger partial charge in [0.2, 0.25) is 5.91 Å². The van der Waals surface area contributed by atoms with E-state index in [1.54, 1.807) is 11.8 Å². The third kappa shape index (κ3) is 2.92. The molecular weight excluding hydrogens is 220 g/mol. The molecule has 1 N–H and O–H groups in total. The maximum absolute atomic E-state index is 11.7. The molecule has 16 heavy (non-hydrogen) atoms. The van der Waals surface area contributed by atoms with Crippen LogP contribution in [0.25, 0.3) is 0 Å². The molecular formula is C12H22N2OS. The van der Waals surface area contributed by atoms with E-state index >= 15 is 0 Å². The quantitative estimate of drug-likeness (QED) is 0.807. The van der Waals surface area contributed by atoms with Gasteiger partial charge in [0.25, 0.3) is 0 Å². The first kappa shape index (κ1) is 12.2. The van der Waals surface area contributed by atoms with Crippen molar-refractivity contribution in [3.63, 3.8) is 0 Å². The highest BCUT2D eigenvalue weighted by Gasteiger charge is 2.29. The molecule has 0 aromatic rings. The van der Waals surface area contributed by atoms with Crippen LogP contribution < -0.4 is 5.32 Å². The largest absolute Gasteiger partial charge is 0.342 e. The molecule has 0 aromatic heterocycles. The van der Waals surface area contributed by atoms with Crippen LogP contribution in [0.2, 0.25) is 0 Å². The van der Waals surface area contributed by atoms with Crippen LogP contribution in [0, 0.1) is 11.8 Å². The number of nitrogens with one attached hydrogen (secondary N) is 1. The van der Waals surface area contributed by atoms with Gasteiger partial charge < -0.3 is 10.2 Å². The monoisotopic (exact) mass is 242 g/mol. The summed E-state index contributed by atoms with van der Waals surface area (Å²) in [5, 5.41) is 3.44. The first-order chi connectivity index (χ1) is 7.81. The fraction of sp³-hybridized carbons (Fsp3) is 0.917. The lowest BCUT2D eigenvalue weighted by atomic mass is 9.84. The van der Waals surface area contributed by atoms with Gasteiger partial charge in [-0.05, 0) is 50.4 Å². The molecule has 0 spiro atoms. The Morgan fingerprint density at radius 1 is 1.31 bits per heavy atom. The van der Waals surface area contributed by atoms with Crippen molar-refractivity contribution < 1.29 is 4.79 Å². The summed E-state index contributed by atoms with van der Waals surface area (Å²) in [4.78, 5) is 13.8. The number of carbonyl (C=O) groups is 1. The SMILES string of the molecule is CSCC(=O)N1CCC(C2CCNC2)CC1. The van der Waals surface area contributed by atoms with Crippen molar-refractivity contribution in [1.82, 2.24) is 10.2 Å². The van der Waals surface area contributed by atoms with Gasteiger partial charge in [-0.1, -0.05) is 0 Å². The van der Waals surface area contributed by atoms with E-state index in [0.717, 1.165) is 24.9 Å². The number of hydrogen-bond acceptors (Lipinski definition) is 3. The summed E-state index contributed by atoms with van der Waals surface area (Å²) in [5.41, 5.74) is 0. The van der Waals surface area contributed by atoms with Gasteiger partial charge in [0.05, 0.1) is 5.75 Å². The Hall–Kier alpha value is -0.220. The second kappa shape index (κ2) is 5.92. The van der Waals surface area contributed by atoms with Crippen molar-refractivity contribution in [1.29, 1.82) is 0 Å². The molecule has 2 aliphatic rings. The van der Waals surface area contributed by atoms with Gasteiger partial charge in [-0.15, -0.1) is 0 Å². The van der Waals surface area contributed by atoms with Crippen LogP contribution >= 0.6 is 11.8 Å². The fourth-order valence-electron chi connectivity index (χ4n) is 2.91. The zero-order valence-corrected chi connectivity index (χ0v) is 10.9. The highest BCUT2D eigenvalue weighted by Crippen LogP contribution is 2.28. The molecule has 0 bridgehead atoms. The minimum Gasteiger partial charge on any atom is -0.342 e. The topological polar surface area (TPSA) is 32.3 Å². The number of amides is 1. The third-order valence-corrected chi connectivity index (χ3v) is 4.46. The van der Waals surface area contributed by atoms with Gasteiger partial charge in [-0.25, -0.2) is 0 Å². The van der Waals surface area contributed by atoms with Crippen LogP contribution in [-0.2, 0) is 4.79 Å². The highest BCUT2D eigenvalue weighted by molar-refractivity contribution is 7.99. The first-order valence-corrected chi connectivity index (χ1v) is 7.68. The number of hydrogen-bond donors (Lipinski definition) is 1. The molecule has 0 aromatic carbocycles. The number of rotatable bonds is 3. The summed E-state index contributed by atoms with van der Waals surface area (Å²) in [5.74, 6) is 2.71. The van der Waals surface area contributed by atoms with Crippen molar-refractivity contribution in [3.05, 3.63) is 0 Å². The van der Waals surface area contributed by atoms with Gasteiger partial charge in [-0.3, -0.25) is 4.79 Å². The molecule has 0 radical (unpaired) electrons. The van der Waals surface area contributed by atoms with Crippen molar-refractivity contribution >= 4 is 17.7 Å². The molecule has 2 rings (SSSR count). The number of piperidine rings is 1. The molecule has 2 fully saturated rings. The van der Waals surface area contributed by atoms with E-state index in [9.17, 15) is 4.79 Å². The van der Waals surface area contributed by atoms with E-state index in [-0.39, 0.29) is 0 Å². The second-order valence-electron chi connectivity index (χ2n) is 4.90. The van der Waals surface area contributed by atoms with Crippen molar-refractivity contribution in [2.75, 3.05) is 38.2 Å². The summed E-state index contributed by atoms with van der Waals surface area (Å²) in [6.07, 6.45) is 5.76. The maximum Gasteiger partial charge on any atom is 0.232 e. The molecule has 3 nitrogen and oxygen atoms in total. The van der Waals surface area contributed by atoms with Crippen molar-refractivity contribution in [2.24, 2.45) is 11.8 Å². The average Bonchev–Trinajstić information content (AvgIpc) is 2.83. The molecule has 0 saturated carbocycles. The van der Waals surface area contributed by atoms with E-state index in [2.05, 4.69) is 10.2 Å². The standard InChI is InChI=1S/C12H22N2OS/c1-16-9-12(15)14-6-3-10(4-7-14)11-2-5-13-8-11/h10-11,13H,2-9H2,1H3. The summed E-state index contributed by atoms with van der Waals surface area (Å²) in [7, 11) is 0. The Kier molecular flexibility index (Phi) is 4.53. The molecule has 2 heterocycles. The zero-order chi connectivity index (χ0) is 11.4. The van der Waals surface area contributed by atoms with Crippen LogP contribution in [-0.4, -0.2) is 49.0 Å². The number of likely N-dealkylation sites (tertiary alicyclic amines) is 1. The summed E-state index contributed by atoms with van der Waals surface area (Å²) in [6.45, 7) is 4.36. The van der Waals surface area contributed by atoms with Crippen molar-refractivity contribution in [2.45, 2.75) is 19.3 Å². The Morgan fingerprint density at radius 2 is 2.06 bits per heavy atom. The van der Waals surface area contributed by atoms with Gasteiger partial charge in [0, 0.05) is 13.1 Å². The second-order valence-corrected chi connectivity index (χ2v) is 5.77. The predicted octanol–water partition coefficient (Wildman–Crippen LogP) is 1.20. The highest BCUT2D eigenvalue weighted by atomic mass is 32.2. The lowest BCUT2D eigenvalue weighted by Gasteiger charge is -2.34. The van der Waals surface area contributed by atoms with Gasteiger partial charge >= 0.3 is 0 Å². The minimum atomic E-state index is 0.329. The van der Waals surface area contributed by atoms with Gasteiger partial charge in [-0.2, -0.15) is 11.8 Å². The lowest BCUT2D eigenvalue weighted by Crippen LogP contribution is -2.41. The van der Waals surface area contributed by atoms with Crippen LogP contribution in [0.1, 0.15) is 19.3 Å². The van der Waals surface area contributed by atoms with E-state index in [0.29, 0.717) is 11.7 Å². The minimum absolute atomic E-state index is 0.329. The Labute approximate surface area is 102 Å². The molecule has 4 heteroatoms. The maximum atomic E-state index is 11.7. The summed E-state index contributed by atoms with van der Waals surface area (Å²) >= 11 is 1.63. The van der Waals surface area contributed by atoms with E-state index in [1.165, 1.54) is 32.4 Å². The molecule has 0 aliphatic carbocycles. The molecule has 2 saturated heterocycles. The molecule has 1 atom stereocenters. The zero-order valence-electron chi connectivity index (χ0n) is 10.1. The molecule has 92 valence electrons. The van der Waals surface area contributed by atoms with Crippen LogP contribution in [0.15, 0.2) is 0 Å². The first-order valence-electron chi connectivity index (χ1n) is 6.28. The Morgan fingerprint density at radius 3 is 2.62 bits per heavy atom.